The van der Waals surface area contributed by atoms with Gasteiger partial charge in [0.15, 0.2) is 17.0 Å². The Morgan fingerprint density at radius 3 is 2.35 bits per heavy atom. The number of aromatic nitrogens is 6. The van der Waals surface area contributed by atoms with Crippen LogP contribution in [0.2, 0.25) is 0 Å². The molecule has 2 saturated carbocycles. The lowest BCUT2D eigenvalue weighted by Gasteiger charge is -2.22. The van der Waals surface area contributed by atoms with E-state index < -0.39 is 18.2 Å². The number of carbonyl (C=O) groups excluding carboxylic acids is 1. The molecule has 4 heterocycles. The number of nitrogens with one attached hydrogen (secondary N) is 2. The first-order valence-corrected chi connectivity index (χ1v) is 17.5. The highest BCUT2D eigenvalue weighted by molar-refractivity contribution is 5.85. The largest absolute Gasteiger partial charge is 0.388 e. The van der Waals surface area contributed by atoms with E-state index in [2.05, 4.69) is 76.1 Å². The minimum atomic E-state index is -1.04. The average Bonchev–Trinajstić information content (AvgIpc) is 3.40. The van der Waals surface area contributed by atoms with E-state index in [0.717, 1.165) is 31.2 Å². The number of anilines is 2. The van der Waals surface area contributed by atoms with E-state index in [9.17, 15) is 15.0 Å². The maximum atomic E-state index is 12.5. The van der Waals surface area contributed by atoms with Crippen LogP contribution < -0.4 is 15.5 Å². The van der Waals surface area contributed by atoms with E-state index in [4.69, 9.17) is 15.0 Å². The van der Waals surface area contributed by atoms with Crippen molar-refractivity contribution in [2.75, 3.05) is 29.9 Å². The normalized spacial score (nSPS) is 23.8. The Hall–Kier alpha value is -4.81. The molecule has 12 nitrogen and oxygen atoms in total. The zero-order chi connectivity index (χ0) is 33.5. The Kier molecular flexibility index (Phi) is 8.50. The number of hydrogen-bond acceptors (Lipinski definition) is 9. The average molecular weight is 662 g/mol. The quantitative estimate of drug-likeness (QED) is 0.166. The topological polar surface area (TPSA) is 146 Å². The minimum Gasteiger partial charge on any atom is -0.388 e. The van der Waals surface area contributed by atoms with Crippen LogP contribution in [0.4, 0.5) is 11.8 Å². The number of nitrogens with zero attached hydrogens (tertiary/aromatic N) is 7. The predicted octanol–water partition coefficient (Wildman–Crippen LogP) is 3.84. The highest BCUT2D eigenvalue weighted by Crippen LogP contribution is 2.40. The first-order chi connectivity index (χ1) is 24.0. The Morgan fingerprint density at radius 1 is 0.959 bits per heavy atom. The molecule has 0 unspecified atom stereocenters. The Bertz CT molecular complexity index is 1870. The Morgan fingerprint density at radius 2 is 1.67 bits per heavy atom. The third-order valence-corrected chi connectivity index (χ3v) is 10.4. The Balaban J connectivity index is 1.13. The third-order valence-electron chi connectivity index (χ3n) is 10.4. The zero-order valence-corrected chi connectivity index (χ0v) is 27.6. The van der Waals surface area contributed by atoms with Crippen molar-refractivity contribution in [3.05, 3.63) is 96.1 Å². The molecule has 1 amide bonds. The van der Waals surface area contributed by atoms with Gasteiger partial charge in [0.2, 0.25) is 11.9 Å². The van der Waals surface area contributed by atoms with Crippen molar-refractivity contribution in [1.29, 1.82) is 0 Å². The van der Waals surface area contributed by atoms with Crippen LogP contribution in [0.3, 0.4) is 0 Å². The summed E-state index contributed by atoms with van der Waals surface area (Å²) in [7, 11) is 0. The van der Waals surface area contributed by atoms with E-state index in [1.807, 2.05) is 29.1 Å². The highest BCUT2D eigenvalue weighted by atomic mass is 16.3. The number of imidazole rings is 1. The lowest BCUT2D eigenvalue weighted by atomic mass is 9.91. The van der Waals surface area contributed by atoms with Gasteiger partial charge < -0.3 is 30.3 Å². The third kappa shape index (κ3) is 6.26. The minimum absolute atomic E-state index is 0.0314. The maximum Gasteiger partial charge on any atom is 0.229 e. The van der Waals surface area contributed by atoms with Crippen LogP contribution in [-0.4, -0.2) is 83.3 Å². The van der Waals surface area contributed by atoms with Crippen molar-refractivity contribution in [3.8, 4) is 0 Å². The van der Waals surface area contributed by atoms with Gasteiger partial charge >= 0.3 is 0 Å². The van der Waals surface area contributed by atoms with Crippen LogP contribution in [0.5, 0.6) is 0 Å². The molecule has 0 spiro atoms. The maximum absolute atomic E-state index is 12.5. The second kappa shape index (κ2) is 13.2. The number of aryl methyl sites for hydroxylation is 1. The zero-order valence-electron chi connectivity index (χ0n) is 27.6. The van der Waals surface area contributed by atoms with Crippen LogP contribution in [0, 0.1) is 5.92 Å². The molecule has 2 aromatic carbocycles. The van der Waals surface area contributed by atoms with E-state index in [-0.39, 0.29) is 29.8 Å². The second-order valence-corrected chi connectivity index (χ2v) is 13.7. The Labute approximate surface area is 285 Å². The lowest BCUT2D eigenvalue weighted by Crippen LogP contribution is -2.38. The van der Waals surface area contributed by atoms with Gasteiger partial charge in [-0.05, 0) is 48.8 Å². The molecule has 49 heavy (non-hydrogen) atoms. The fourth-order valence-electron chi connectivity index (χ4n) is 7.40. The molecule has 3 fully saturated rings. The summed E-state index contributed by atoms with van der Waals surface area (Å²) in [6, 6.07) is 20.0. The molecule has 254 valence electrons. The van der Waals surface area contributed by atoms with E-state index in [0.29, 0.717) is 49.0 Å². The molecule has 1 aliphatic heterocycles. The van der Waals surface area contributed by atoms with Gasteiger partial charge in [-0.1, -0.05) is 67.6 Å². The van der Waals surface area contributed by atoms with Gasteiger partial charge in [-0.25, -0.2) is 4.98 Å². The summed E-state index contributed by atoms with van der Waals surface area (Å²) < 4.78 is 3.66. The van der Waals surface area contributed by atoms with Crippen LogP contribution in [-0.2, 0) is 11.2 Å². The van der Waals surface area contributed by atoms with Gasteiger partial charge in [0.05, 0.1) is 24.6 Å². The van der Waals surface area contributed by atoms with Crippen molar-refractivity contribution >= 4 is 28.8 Å². The van der Waals surface area contributed by atoms with E-state index in [1.54, 1.807) is 11.0 Å². The molecule has 5 aromatic rings. The number of fused-ring (bicyclic) bond motifs is 1. The summed E-state index contributed by atoms with van der Waals surface area (Å²) in [6.07, 6.45) is 7.46. The van der Waals surface area contributed by atoms with Gasteiger partial charge in [0.1, 0.15) is 12.2 Å². The predicted molar refractivity (Wildman–Crippen MR) is 186 cm³/mol. The smallest absolute Gasteiger partial charge is 0.229 e. The summed E-state index contributed by atoms with van der Waals surface area (Å²) in [4.78, 5) is 29.5. The molecule has 5 atom stereocenters. The van der Waals surface area contributed by atoms with Gasteiger partial charge in [-0.15, -0.1) is 0 Å². The molecular formula is C37H43N9O3. The fraction of sp³-hybridized carbons (Fsp3) is 0.432. The fourth-order valence-corrected chi connectivity index (χ4v) is 7.40. The summed E-state index contributed by atoms with van der Waals surface area (Å²) in [5.41, 5.74) is 4.63. The number of aliphatic hydroxyl groups excluding tert-OH is 2. The van der Waals surface area contributed by atoms with Gasteiger partial charge in [0, 0.05) is 43.7 Å². The molecular weight excluding hydrogens is 618 g/mol. The van der Waals surface area contributed by atoms with Crippen molar-refractivity contribution in [3.63, 3.8) is 0 Å². The molecule has 0 bridgehead atoms. The number of hydrogen-bond donors (Lipinski definition) is 4. The molecule has 3 aromatic heterocycles. The van der Waals surface area contributed by atoms with E-state index >= 15 is 0 Å². The summed E-state index contributed by atoms with van der Waals surface area (Å²) >= 11 is 0. The van der Waals surface area contributed by atoms with Gasteiger partial charge in [0.25, 0.3) is 0 Å². The van der Waals surface area contributed by atoms with Crippen LogP contribution in [0.15, 0.2) is 79.4 Å². The molecule has 4 N–H and O–H groups in total. The molecule has 3 aliphatic rings. The van der Waals surface area contributed by atoms with Crippen molar-refractivity contribution in [1.82, 2.24) is 34.6 Å². The number of carbonyl (C=O) groups is 1. The van der Waals surface area contributed by atoms with E-state index in [1.165, 1.54) is 11.1 Å². The number of aliphatic hydroxyl groups is 2. The van der Waals surface area contributed by atoms with Crippen molar-refractivity contribution in [2.45, 2.75) is 75.3 Å². The van der Waals surface area contributed by atoms with Crippen LogP contribution >= 0.6 is 0 Å². The first kappa shape index (κ1) is 31.5. The molecule has 8 rings (SSSR count). The molecule has 0 radical (unpaired) electrons. The summed E-state index contributed by atoms with van der Waals surface area (Å²) in [5.74, 6) is 1.50. The van der Waals surface area contributed by atoms with Crippen LogP contribution in [0.25, 0.3) is 11.2 Å². The van der Waals surface area contributed by atoms with Crippen molar-refractivity contribution < 1.29 is 15.0 Å². The second-order valence-electron chi connectivity index (χ2n) is 13.7. The van der Waals surface area contributed by atoms with Gasteiger partial charge in [-0.2, -0.15) is 15.1 Å². The standard InChI is InChI=1S/C37H43N9O3/c1-2-23-18-40-46(20-23)30-17-29(32(47)33(30)48)45-22-39-31-34(38-19-28(24-9-5-3-6-10-24)25-11-7-4-8-12-25)42-37(43-35(31)45)44-16-15-27(21-44)41-36(49)26-13-14-26/h3-12,18,20,22,26-30,32-33,47-48H,2,13-17,19,21H2,1H3,(H,41,49)(H,38,42,43)/t27-,29-,30+,32+,33-/m1/s1. The monoisotopic (exact) mass is 661 g/mol. The van der Waals surface area contributed by atoms with Gasteiger partial charge in [-0.3, -0.25) is 9.48 Å². The number of benzene rings is 2. The van der Waals surface area contributed by atoms with Crippen LogP contribution in [0.1, 0.15) is 67.3 Å². The van der Waals surface area contributed by atoms with Crippen molar-refractivity contribution in [2.24, 2.45) is 5.92 Å². The highest BCUT2D eigenvalue weighted by Gasteiger charge is 2.45. The summed E-state index contributed by atoms with van der Waals surface area (Å²) in [5, 5.41) is 33.9. The lowest BCUT2D eigenvalue weighted by molar-refractivity contribution is -0.122. The number of amides is 1. The molecule has 2 aliphatic carbocycles. The molecule has 12 heteroatoms. The molecule has 1 saturated heterocycles. The first-order valence-electron chi connectivity index (χ1n) is 17.5. The summed E-state index contributed by atoms with van der Waals surface area (Å²) in [6.45, 7) is 3.95. The number of rotatable bonds is 11. The SMILES string of the molecule is CCc1cnn([C@H]2C[C@@H](n3cnc4c(NCC(c5ccccc5)c5ccccc5)nc(N5CC[C@@H](NC(=O)C6CC6)C5)nc43)[C@H](O)[C@@H]2O)c1.